The Morgan fingerprint density at radius 3 is 2.62 bits per heavy atom. The maximum absolute atomic E-state index is 13.4. The zero-order valence-corrected chi connectivity index (χ0v) is 9.04. The van der Waals surface area contributed by atoms with E-state index < -0.39 is 11.8 Å². The van der Waals surface area contributed by atoms with Crippen LogP contribution in [0.4, 0.5) is 10.1 Å². The molecule has 0 atom stereocenters. The van der Waals surface area contributed by atoms with Crippen LogP contribution < -0.4 is 5.32 Å². The number of hydrogen-bond donors (Lipinski definition) is 1. The molecule has 0 saturated carbocycles. The van der Waals surface area contributed by atoms with Gasteiger partial charge in [-0.05, 0) is 25.1 Å². The van der Waals surface area contributed by atoms with Gasteiger partial charge in [0, 0.05) is 6.92 Å². The third kappa shape index (κ3) is 3.05. The average Bonchev–Trinajstić information content (AvgIpc) is 2.20. The van der Waals surface area contributed by atoms with E-state index in [-0.39, 0.29) is 23.8 Å². The van der Waals surface area contributed by atoms with Crippen molar-refractivity contribution in [1.82, 2.24) is 0 Å². The number of anilines is 1. The zero-order chi connectivity index (χ0) is 12.1. The zero-order valence-electron chi connectivity index (χ0n) is 9.04. The molecule has 0 aliphatic carbocycles. The van der Waals surface area contributed by atoms with E-state index in [1.807, 2.05) is 0 Å². The van der Waals surface area contributed by atoms with Crippen LogP contribution in [-0.4, -0.2) is 18.5 Å². The predicted octanol–water partition coefficient (Wildman–Crippen LogP) is 1.96. The largest absolute Gasteiger partial charge is 0.462 e. The Morgan fingerprint density at radius 1 is 1.44 bits per heavy atom. The van der Waals surface area contributed by atoms with Gasteiger partial charge in [0.25, 0.3) is 0 Å². The minimum atomic E-state index is -0.666. The van der Waals surface area contributed by atoms with Gasteiger partial charge in [-0.25, -0.2) is 9.18 Å². The fraction of sp³-hybridized carbons (Fsp3) is 0.273. The Morgan fingerprint density at radius 2 is 2.12 bits per heavy atom. The van der Waals surface area contributed by atoms with E-state index in [0.717, 1.165) is 6.07 Å². The number of halogens is 1. The van der Waals surface area contributed by atoms with Crippen LogP contribution >= 0.6 is 0 Å². The van der Waals surface area contributed by atoms with E-state index in [4.69, 9.17) is 4.74 Å². The van der Waals surface area contributed by atoms with Crippen LogP contribution in [0.3, 0.4) is 0 Å². The molecule has 1 rings (SSSR count). The molecule has 1 aromatic rings. The number of rotatable bonds is 3. The van der Waals surface area contributed by atoms with Crippen LogP contribution in [0, 0.1) is 5.82 Å². The monoisotopic (exact) mass is 225 g/mol. The highest BCUT2D eigenvalue weighted by molar-refractivity contribution is 5.92. The van der Waals surface area contributed by atoms with Crippen LogP contribution in [0.2, 0.25) is 0 Å². The highest BCUT2D eigenvalue weighted by atomic mass is 19.1. The molecule has 0 fully saturated rings. The van der Waals surface area contributed by atoms with E-state index in [1.165, 1.54) is 19.1 Å². The lowest BCUT2D eigenvalue weighted by Gasteiger charge is -2.06. The lowest BCUT2D eigenvalue weighted by molar-refractivity contribution is -0.114. The summed E-state index contributed by atoms with van der Waals surface area (Å²) >= 11 is 0. The fourth-order valence-corrected chi connectivity index (χ4v) is 1.15. The van der Waals surface area contributed by atoms with Gasteiger partial charge in [0.1, 0.15) is 5.82 Å². The molecule has 0 spiro atoms. The van der Waals surface area contributed by atoms with Crippen molar-refractivity contribution in [2.45, 2.75) is 13.8 Å². The third-order valence-electron chi connectivity index (χ3n) is 1.79. The molecule has 0 radical (unpaired) electrons. The Labute approximate surface area is 92.4 Å². The van der Waals surface area contributed by atoms with Crippen LogP contribution in [0.25, 0.3) is 0 Å². The topological polar surface area (TPSA) is 55.4 Å². The normalized spacial score (nSPS) is 9.69. The summed E-state index contributed by atoms with van der Waals surface area (Å²) in [6.07, 6.45) is 0. The van der Waals surface area contributed by atoms with Gasteiger partial charge in [0.2, 0.25) is 5.91 Å². The number of esters is 1. The molecule has 0 aliphatic rings. The van der Waals surface area contributed by atoms with Gasteiger partial charge in [0.15, 0.2) is 0 Å². The Hall–Kier alpha value is -1.91. The predicted molar refractivity (Wildman–Crippen MR) is 56.7 cm³/mol. The number of ether oxygens (including phenoxy) is 1. The molecule has 16 heavy (non-hydrogen) atoms. The average molecular weight is 225 g/mol. The Bertz CT molecular complexity index is 418. The summed E-state index contributed by atoms with van der Waals surface area (Å²) in [5, 5.41) is 2.31. The summed E-state index contributed by atoms with van der Waals surface area (Å²) in [5.74, 6) is -1.63. The molecule has 86 valence electrons. The second kappa shape index (κ2) is 5.25. The van der Waals surface area contributed by atoms with Crippen LogP contribution in [-0.2, 0) is 9.53 Å². The molecular weight excluding hydrogens is 213 g/mol. The molecule has 1 amide bonds. The van der Waals surface area contributed by atoms with Crippen molar-refractivity contribution < 1.29 is 18.7 Å². The van der Waals surface area contributed by atoms with Crippen molar-refractivity contribution in [2.75, 3.05) is 11.9 Å². The summed E-state index contributed by atoms with van der Waals surface area (Å²) < 4.78 is 18.1. The molecule has 0 aliphatic heterocycles. The van der Waals surface area contributed by atoms with Gasteiger partial charge in [-0.15, -0.1) is 0 Å². The highest BCUT2D eigenvalue weighted by Crippen LogP contribution is 2.16. The van der Waals surface area contributed by atoms with Gasteiger partial charge in [-0.2, -0.15) is 0 Å². The number of hydrogen-bond acceptors (Lipinski definition) is 3. The first-order valence-corrected chi connectivity index (χ1v) is 4.79. The van der Waals surface area contributed by atoms with Crippen LogP contribution in [0.1, 0.15) is 24.2 Å². The number of nitrogens with one attached hydrogen (secondary N) is 1. The molecule has 0 saturated heterocycles. The summed E-state index contributed by atoms with van der Waals surface area (Å²) in [6, 6.07) is 3.75. The molecule has 1 N–H and O–H groups in total. The van der Waals surface area contributed by atoms with Crippen LogP contribution in [0.15, 0.2) is 18.2 Å². The minimum absolute atomic E-state index is 0.0422. The molecule has 4 nitrogen and oxygen atoms in total. The van der Waals surface area contributed by atoms with E-state index in [2.05, 4.69) is 5.32 Å². The van der Waals surface area contributed by atoms with Crippen molar-refractivity contribution in [3.63, 3.8) is 0 Å². The Kier molecular flexibility index (Phi) is 3.99. The van der Waals surface area contributed by atoms with Crippen molar-refractivity contribution in [3.8, 4) is 0 Å². The summed E-state index contributed by atoms with van der Waals surface area (Å²) in [4.78, 5) is 22.0. The van der Waals surface area contributed by atoms with E-state index in [1.54, 1.807) is 6.92 Å². The first-order chi connectivity index (χ1) is 7.54. The SMILES string of the molecule is CCOC(=O)c1ccc(NC(C)=O)c(F)c1. The maximum Gasteiger partial charge on any atom is 0.338 e. The lowest BCUT2D eigenvalue weighted by atomic mass is 10.2. The van der Waals surface area contributed by atoms with Gasteiger partial charge in [-0.1, -0.05) is 0 Å². The van der Waals surface area contributed by atoms with Gasteiger partial charge < -0.3 is 10.1 Å². The molecule has 1 aromatic carbocycles. The Balaban J connectivity index is 2.90. The van der Waals surface area contributed by atoms with Gasteiger partial charge in [-0.3, -0.25) is 4.79 Å². The van der Waals surface area contributed by atoms with Crippen LogP contribution in [0.5, 0.6) is 0 Å². The standard InChI is InChI=1S/C11H12FNO3/c1-3-16-11(15)8-4-5-10(9(12)6-8)13-7(2)14/h4-6H,3H2,1-2H3,(H,13,14). The number of carbonyl (C=O) groups is 2. The molecule has 0 heterocycles. The molecule has 0 unspecified atom stereocenters. The molecule has 0 bridgehead atoms. The van der Waals surface area contributed by atoms with Crippen molar-refractivity contribution in [2.24, 2.45) is 0 Å². The fourth-order valence-electron chi connectivity index (χ4n) is 1.15. The first kappa shape index (κ1) is 12.2. The van der Waals surface area contributed by atoms with Gasteiger partial charge in [0.05, 0.1) is 17.9 Å². The van der Waals surface area contributed by atoms with Gasteiger partial charge >= 0.3 is 5.97 Å². The van der Waals surface area contributed by atoms with Crippen molar-refractivity contribution >= 4 is 17.6 Å². The first-order valence-electron chi connectivity index (χ1n) is 4.79. The minimum Gasteiger partial charge on any atom is -0.462 e. The maximum atomic E-state index is 13.4. The van der Waals surface area contributed by atoms with E-state index >= 15 is 0 Å². The summed E-state index contributed by atoms with van der Waals surface area (Å²) in [6.45, 7) is 3.17. The second-order valence-electron chi connectivity index (χ2n) is 3.10. The summed E-state index contributed by atoms with van der Waals surface area (Å²) in [7, 11) is 0. The van der Waals surface area contributed by atoms with Crippen molar-refractivity contribution in [3.05, 3.63) is 29.6 Å². The highest BCUT2D eigenvalue weighted by Gasteiger charge is 2.10. The smallest absolute Gasteiger partial charge is 0.338 e. The van der Waals surface area contributed by atoms with Crippen molar-refractivity contribution in [1.29, 1.82) is 0 Å². The second-order valence-corrected chi connectivity index (χ2v) is 3.10. The number of amides is 1. The quantitative estimate of drug-likeness (QED) is 0.800. The molecular formula is C11H12FNO3. The third-order valence-corrected chi connectivity index (χ3v) is 1.79. The summed E-state index contributed by atoms with van der Waals surface area (Å²) in [5.41, 5.74) is 0.161. The number of carbonyl (C=O) groups excluding carboxylic acids is 2. The number of benzene rings is 1. The van der Waals surface area contributed by atoms with E-state index in [0.29, 0.717) is 0 Å². The lowest BCUT2D eigenvalue weighted by Crippen LogP contribution is -2.09. The van der Waals surface area contributed by atoms with E-state index in [9.17, 15) is 14.0 Å². The molecule has 0 aromatic heterocycles. The molecule has 5 heteroatoms.